The third-order valence-electron chi connectivity index (χ3n) is 2.67. The number of hydrogen-bond acceptors (Lipinski definition) is 4. The molecule has 0 aliphatic rings. The smallest absolute Gasteiger partial charge is 0.223 e. The van der Waals surface area contributed by atoms with Crippen LogP contribution in [-0.2, 0) is 5.75 Å². The van der Waals surface area contributed by atoms with Gasteiger partial charge in [-0.05, 0) is 40.9 Å². The average Bonchev–Trinajstić information content (AvgIpc) is 2.41. The Bertz CT molecular complexity index is 560. The summed E-state index contributed by atoms with van der Waals surface area (Å²) in [6.45, 7) is 4.99. The molecule has 19 heavy (non-hydrogen) atoms. The lowest BCUT2D eigenvalue weighted by Gasteiger charge is -2.08. The molecule has 1 aromatic heterocycles. The van der Waals surface area contributed by atoms with Crippen LogP contribution in [0.15, 0.2) is 40.0 Å². The first-order chi connectivity index (χ1) is 9.20. The van der Waals surface area contributed by atoms with Crippen molar-refractivity contribution < 1.29 is 0 Å². The van der Waals surface area contributed by atoms with E-state index in [1.807, 2.05) is 6.92 Å². The number of thioether (sulfide) groups is 1. The van der Waals surface area contributed by atoms with E-state index in [1.165, 1.54) is 11.1 Å². The molecule has 0 spiro atoms. The van der Waals surface area contributed by atoms with Crippen molar-refractivity contribution in [2.24, 2.45) is 0 Å². The van der Waals surface area contributed by atoms with Crippen LogP contribution < -0.4 is 5.32 Å². The van der Waals surface area contributed by atoms with E-state index < -0.39 is 0 Å². The average molecular weight is 338 g/mol. The normalized spacial score (nSPS) is 10.5. The third kappa shape index (κ3) is 3.94. The van der Waals surface area contributed by atoms with Crippen molar-refractivity contribution in [3.63, 3.8) is 0 Å². The molecule has 2 rings (SSSR count). The first-order valence-corrected chi connectivity index (χ1v) is 7.92. The van der Waals surface area contributed by atoms with Crippen LogP contribution in [-0.4, -0.2) is 16.5 Å². The van der Waals surface area contributed by atoms with Crippen molar-refractivity contribution >= 4 is 33.6 Å². The maximum absolute atomic E-state index is 4.50. The van der Waals surface area contributed by atoms with E-state index in [0.29, 0.717) is 5.95 Å². The van der Waals surface area contributed by atoms with E-state index in [4.69, 9.17) is 0 Å². The fraction of sp³-hybridized carbons (Fsp3) is 0.286. The van der Waals surface area contributed by atoms with Gasteiger partial charge < -0.3 is 5.32 Å². The van der Waals surface area contributed by atoms with Crippen molar-refractivity contribution in [1.82, 2.24) is 9.97 Å². The molecule has 0 unspecified atom stereocenters. The van der Waals surface area contributed by atoms with E-state index in [0.717, 1.165) is 21.8 Å². The maximum atomic E-state index is 4.50. The zero-order valence-electron chi connectivity index (χ0n) is 11.0. The van der Waals surface area contributed by atoms with Gasteiger partial charge in [0.25, 0.3) is 0 Å². The van der Waals surface area contributed by atoms with Gasteiger partial charge in [0.2, 0.25) is 5.95 Å². The number of rotatable bonds is 5. The van der Waals surface area contributed by atoms with E-state index >= 15 is 0 Å². The number of anilines is 1. The number of aromatic nitrogens is 2. The summed E-state index contributed by atoms with van der Waals surface area (Å²) in [6, 6.07) is 8.42. The minimum absolute atomic E-state index is 0.679. The molecule has 0 atom stereocenters. The minimum Gasteiger partial charge on any atom is -0.354 e. The zero-order chi connectivity index (χ0) is 13.7. The van der Waals surface area contributed by atoms with Crippen molar-refractivity contribution in [2.75, 3.05) is 11.9 Å². The quantitative estimate of drug-likeness (QED) is 0.653. The molecule has 0 aliphatic heterocycles. The van der Waals surface area contributed by atoms with E-state index in [-0.39, 0.29) is 0 Å². The Balaban J connectivity index is 2.10. The molecule has 3 nitrogen and oxygen atoms in total. The van der Waals surface area contributed by atoms with E-state index in [9.17, 15) is 0 Å². The number of nitrogens with zero attached hydrogens (tertiary/aromatic N) is 2. The lowest BCUT2D eigenvalue weighted by molar-refractivity contribution is 0.998. The van der Waals surface area contributed by atoms with Crippen LogP contribution in [0.2, 0.25) is 0 Å². The molecule has 0 saturated heterocycles. The summed E-state index contributed by atoms with van der Waals surface area (Å²) in [4.78, 5) is 8.72. The van der Waals surface area contributed by atoms with Gasteiger partial charge in [0.05, 0.1) is 4.47 Å². The van der Waals surface area contributed by atoms with Gasteiger partial charge in [-0.3, -0.25) is 0 Å². The summed E-state index contributed by atoms with van der Waals surface area (Å²) in [7, 11) is 0. The number of nitrogens with one attached hydrogen (secondary N) is 1. The summed E-state index contributed by atoms with van der Waals surface area (Å²) in [6.07, 6.45) is 1.80. The first-order valence-electron chi connectivity index (χ1n) is 6.14. The second kappa shape index (κ2) is 6.91. The monoisotopic (exact) mass is 337 g/mol. The molecular formula is C14H16BrN3S. The van der Waals surface area contributed by atoms with Crippen LogP contribution in [0.5, 0.6) is 0 Å². The Morgan fingerprint density at radius 1 is 1.32 bits per heavy atom. The molecule has 1 N–H and O–H groups in total. The Hall–Kier alpha value is -1.07. The highest BCUT2D eigenvalue weighted by Gasteiger charge is 2.06. The standard InChI is InChI=1S/C14H16BrN3S/c1-3-16-14-17-8-12(15)13(18-14)19-9-11-7-5-4-6-10(11)2/h4-8H,3,9H2,1-2H3,(H,16,17,18). The molecule has 100 valence electrons. The topological polar surface area (TPSA) is 37.8 Å². The van der Waals surface area contributed by atoms with E-state index in [1.54, 1.807) is 18.0 Å². The Morgan fingerprint density at radius 3 is 2.84 bits per heavy atom. The highest BCUT2D eigenvalue weighted by atomic mass is 79.9. The van der Waals surface area contributed by atoms with Gasteiger partial charge in [-0.25, -0.2) is 9.97 Å². The van der Waals surface area contributed by atoms with Crippen LogP contribution in [0.4, 0.5) is 5.95 Å². The summed E-state index contributed by atoms with van der Waals surface area (Å²) in [5.74, 6) is 1.59. The van der Waals surface area contributed by atoms with Crippen LogP contribution in [0.1, 0.15) is 18.1 Å². The highest BCUT2D eigenvalue weighted by Crippen LogP contribution is 2.29. The van der Waals surface area contributed by atoms with Crippen LogP contribution >= 0.6 is 27.7 Å². The van der Waals surface area contributed by atoms with Gasteiger partial charge in [0, 0.05) is 18.5 Å². The van der Waals surface area contributed by atoms with Crippen molar-refractivity contribution in [2.45, 2.75) is 24.6 Å². The fourth-order valence-corrected chi connectivity index (χ4v) is 3.11. The largest absolute Gasteiger partial charge is 0.354 e. The SMILES string of the molecule is CCNc1ncc(Br)c(SCc2ccccc2C)n1. The molecule has 5 heteroatoms. The second-order valence-electron chi connectivity index (χ2n) is 4.09. The van der Waals surface area contributed by atoms with Gasteiger partial charge in [-0.15, -0.1) is 11.8 Å². The molecule has 0 amide bonds. The van der Waals surface area contributed by atoms with Gasteiger partial charge in [0.1, 0.15) is 5.03 Å². The van der Waals surface area contributed by atoms with Gasteiger partial charge in [-0.1, -0.05) is 24.3 Å². The molecule has 0 aliphatic carbocycles. The Kier molecular flexibility index (Phi) is 5.22. The molecule has 1 aromatic carbocycles. The van der Waals surface area contributed by atoms with Gasteiger partial charge >= 0.3 is 0 Å². The summed E-state index contributed by atoms with van der Waals surface area (Å²) >= 11 is 5.22. The fourth-order valence-electron chi connectivity index (χ4n) is 1.61. The molecule has 0 bridgehead atoms. The van der Waals surface area contributed by atoms with Crippen molar-refractivity contribution in [3.05, 3.63) is 46.1 Å². The van der Waals surface area contributed by atoms with Crippen molar-refractivity contribution in [3.8, 4) is 0 Å². The molecule has 1 heterocycles. The number of benzene rings is 1. The summed E-state index contributed by atoms with van der Waals surface area (Å²) in [5, 5.41) is 4.10. The molecule has 0 radical (unpaired) electrons. The van der Waals surface area contributed by atoms with Crippen LogP contribution in [0.3, 0.4) is 0 Å². The molecule has 2 aromatic rings. The third-order valence-corrected chi connectivity index (χ3v) is 4.56. The lowest BCUT2D eigenvalue weighted by Crippen LogP contribution is -2.02. The molecule has 0 saturated carbocycles. The second-order valence-corrected chi connectivity index (χ2v) is 5.91. The lowest BCUT2D eigenvalue weighted by atomic mass is 10.1. The van der Waals surface area contributed by atoms with E-state index in [2.05, 4.69) is 62.4 Å². The number of hydrogen-bond donors (Lipinski definition) is 1. The summed E-state index contributed by atoms with van der Waals surface area (Å²) < 4.78 is 0.938. The Labute approximate surface area is 126 Å². The van der Waals surface area contributed by atoms with Crippen LogP contribution in [0.25, 0.3) is 0 Å². The van der Waals surface area contributed by atoms with Gasteiger partial charge in [-0.2, -0.15) is 0 Å². The zero-order valence-corrected chi connectivity index (χ0v) is 13.4. The van der Waals surface area contributed by atoms with Gasteiger partial charge in [0.15, 0.2) is 0 Å². The maximum Gasteiger partial charge on any atom is 0.223 e. The Morgan fingerprint density at radius 2 is 2.11 bits per heavy atom. The number of halogens is 1. The molecular weight excluding hydrogens is 322 g/mol. The molecule has 0 fully saturated rings. The summed E-state index contributed by atoms with van der Waals surface area (Å²) in [5.41, 5.74) is 2.65. The first kappa shape index (κ1) is 14.3. The highest BCUT2D eigenvalue weighted by molar-refractivity contribution is 9.10. The van der Waals surface area contributed by atoms with Crippen molar-refractivity contribution in [1.29, 1.82) is 0 Å². The number of aryl methyl sites for hydroxylation is 1. The minimum atomic E-state index is 0.679. The predicted molar refractivity (Wildman–Crippen MR) is 84.6 cm³/mol. The predicted octanol–water partition coefficient (Wildman–Crippen LogP) is 4.27. The van der Waals surface area contributed by atoms with Crippen LogP contribution in [0, 0.1) is 6.92 Å².